The molecule has 0 radical (unpaired) electrons. The first-order valence-corrected chi connectivity index (χ1v) is 9.67. The third-order valence-corrected chi connectivity index (χ3v) is 7.36. The van der Waals surface area contributed by atoms with Crippen molar-refractivity contribution in [2.45, 2.75) is 46.0 Å². The van der Waals surface area contributed by atoms with Gasteiger partial charge in [-0.2, -0.15) is 0 Å². The van der Waals surface area contributed by atoms with Gasteiger partial charge in [0.05, 0.1) is 12.0 Å². The van der Waals surface area contributed by atoms with Gasteiger partial charge in [-0.15, -0.1) is 11.3 Å². The number of ether oxygens (including phenoxy) is 1. The molecule has 2 aliphatic rings. The van der Waals surface area contributed by atoms with Crippen molar-refractivity contribution >= 4 is 17.1 Å². The fraction of sp³-hybridized carbons (Fsp3) is 0.476. The Morgan fingerprint density at radius 3 is 2.88 bits per heavy atom. The largest absolute Gasteiger partial charge is 0.504 e. The first kappa shape index (κ1) is 16.6. The Morgan fingerprint density at radius 2 is 2.16 bits per heavy atom. The number of fused-ring (bicyclic) bond motifs is 3. The van der Waals surface area contributed by atoms with Crippen LogP contribution in [0.1, 0.15) is 57.4 Å². The SMILES string of the molecule is COc1cc(CCC(=O)c2sc(C)c3c2C[C@@H]2[C@H]3C2(C)C)ccc1O. The molecular formula is C21H24O3S. The highest BCUT2D eigenvalue weighted by Crippen LogP contribution is 2.71. The van der Waals surface area contributed by atoms with Crippen LogP contribution in [0.3, 0.4) is 0 Å². The molecule has 2 aliphatic carbocycles. The number of thiophene rings is 1. The van der Waals surface area contributed by atoms with Gasteiger partial charge in [0.2, 0.25) is 0 Å². The van der Waals surface area contributed by atoms with Gasteiger partial charge in [0.15, 0.2) is 17.3 Å². The summed E-state index contributed by atoms with van der Waals surface area (Å²) in [4.78, 5) is 15.1. The average molecular weight is 356 g/mol. The lowest BCUT2D eigenvalue weighted by atomic mass is 9.94. The zero-order chi connectivity index (χ0) is 17.9. The summed E-state index contributed by atoms with van der Waals surface area (Å²) in [7, 11) is 1.54. The molecule has 0 amide bonds. The van der Waals surface area contributed by atoms with Crippen molar-refractivity contribution in [3.8, 4) is 11.5 Å². The number of aromatic hydroxyl groups is 1. The minimum Gasteiger partial charge on any atom is -0.504 e. The van der Waals surface area contributed by atoms with E-state index in [1.54, 1.807) is 17.4 Å². The number of benzene rings is 1. The van der Waals surface area contributed by atoms with Gasteiger partial charge in [-0.05, 0) is 65.8 Å². The second-order valence-corrected chi connectivity index (χ2v) is 9.14. The van der Waals surface area contributed by atoms with E-state index in [1.165, 1.54) is 23.1 Å². The Balaban J connectivity index is 1.50. The topological polar surface area (TPSA) is 46.5 Å². The predicted octanol–water partition coefficient (Wildman–Crippen LogP) is 4.88. The van der Waals surface area contributed by atoms with Crippen LogP contribution in [0.4, 0.5) is 0 Å². The average Bonchev–Trinajstić information content (AvgIpc) is 2.93. The maximum absolute atomic E-state index is 12.8. The van der Waals surface area contributed by atoms with E-state index in [-0.39, 0.29) is 11.5 Å². The third-order valence-electron chi connectivity index (χ3n) is 6.16. The molecule has 2 atom stereocenters. The molecule has 0 saturated heterocycles. The van der Waals surface area contributed by atoms with Gasteiger partial charge < -0.3 is 9.84 Å². The number of methoxy groups -OCH3 is 1. The molecule has 1 N–H and O–H groups in total. The van der Waals surface area contributed by atoms with E-state index in [2.05, 4.69) is 20.8 Å². The minimum atomic E-state index is 0.131. The van der Waals surface area contributed by atoms with Crippen LogP contribution in [0.25, 0.3) is 0 Å². The van der Waals surface area contributed by atoms with Gasteiger partial charge >= 0.3 is 0 Å². The fourth-order valence-corrected chi connectivity index (χ4v) is 5.80. The highest BCUT2D eigenvalue weighted by molar-refractivity contribution is 7.14. The van der Waals surface area contributed by atoms with Crippen LogP contribution in [-0.2, 0) is 12.8 Å². The zero-order valence-electron chi connectivity index (χ0n) is 15.2. The van der Waals surface area contributed by atoms with Gasteiger partial charge in [0.1, 0.15) is 0 Å². The smallest absolute Gasteiger partial charge is 0.173 e. The standard InChI is InChI=1S/C21H24O3S/c1-11-18-13(10-14-19(18)21(14,2)3)20(25-11)16(23)8-6-12-5-7-15(22)17(9-12)24-4/h5,7,9,14,19,22H,6,8,10H2,1-4H3/t14-,19-/m1/s1. The van der Waals surface area contributed by atoms with Crippen molar-refractivity contribution in [3.05, 3.63) is 44.6 Å². The molecule has 0 bridgehead atoms. The minimum absolute atomic E-state index is 0.131. The highest BCUT2D eigenvalue weighted by Gasteiger charge is 2.63. The van der Waals surface area contributed by atoms with Crippen molar-refractivity contribution in [1.29, 1.82) is 0 Å². The summed E-state index contributed by atoms with van der Waals surface area (Å²) < 4.78 is 5.14. The van der Waals surface area contributed by atoms with Crippen LogP contribution >= 0.6 is 11.3 Å². The molecule has 1 saturated carbocycles. The Labute approximate surface area is 152 Å². The van der Waals surface area contributed by atoms with Crippen LogP contribution in [-0.4, -0.2) is 18.0 Å². The first-order chi connectivity index (χ1) is 11.8. The van der Waals surface area contributed by atoms with Crippen LogP contribution in [0.5, 0.6) is 11.5 Å². The zero-order valence-corrected chi connectivity index (χ0v) is 16.0. The van der Waals surface area contributed by atoms with Gasteiger partial charge in [0.25, 0.3) is 0 Å². The van der Waals surface area contributed by atoms with E-state index in [1.807, 2.05) is 12.1 Å². The van der Waals surface area contributed by atoms with Crippen molar-refractivity contribution in [2.75, 3.05) is 7.11 Å². The van der Waals surface area contributed by atoms with Gasteiger partial charge in [-0.1, -0.05) is 19.9 Å². The lowest BCUT2D eigenvalue weighted by molar-refractivity contribution is 0.0985. The molecule has 1 aromatic heterocycles. The second kappa shape index (κ2) is 5.60. The van der Waals surface area contributed by atoms with Crippen LogP contribution in [0.15, 0.2) is 18.2 Å². The van der Waals surface area contributed by atoms with Crippen LogP contribution in [0.2, 0.25) is 0 Å². The Hall–Kier alpha value is -1.81. The number of ketones is 1. The number of Topliss-reactive ketones (excluding diaryl/α,β-unsaturated/α-hetero) is 1. The first-order valence-electron chi connectivity index (χ1n) is 8.85. The van der Waals surface area contributed by atoms with E-state index in [0.717, 1.165) is 22.8 Å². The number of hydrogen-bond acceptors (Lipinski definition) is 4. The summed E-state index contributed by atoms with van der Waals surface area (Å²) in [6.45, 7) is 6.87. The van der Waals surface area contributed by atoms with E-state index in [0.29, 0.717) is 29.9 Å². The van der Waals surface area contributed by atoms with E-state index >= 15 is 0 Å². The number of rotatable bonds is 5. The maximum Gasteiger partial charge on any atom is 0.173 e. The normalized spacial score (nSPS) is 22.4. The molecular weight excluding hydrogens is 332 g/mol. The van der Waals surface area contributed by atoms with Gasteiger partial charge in [-0.25, -0.2) is 0 Å². The second-order valence-electron chi connectivity index (χ2n) is 7.92. The number of aryl methyl sites for hydroxylation is 2. The fourth-order valence-electron chi connectivity index (χ4n) is 4.61. The Morgan fingerprint density at radius 1 is 1.40 bits per heavy atom. The molecule has 4 heteroatoms. The van der Waals surface area contributed by atoms with E-state index < -0.39 is 0 Å². The van der Waals surface area contributed by atoms with Gasteiger partial charge in [-0.3, -0.25) is 4.79 Å². The summed E-state index contributed by atoms with van der Waals surface area (Å²) >= 11 is 1.69. The van der Waals surface area contributed by atoms with E-state index in [4.69, 9.17) is 4.74 Å². The molecule has 132 valence electrons. The number of phenols is 1. The summed E-state index contributed by atoms with van der Waals surface area (Å²) in [5, 5.41) is 9.68. The number of carbonyl (C=O) groups excluding carboxylic acids is 1. The van der Waals surface area contributed by atoms with Crippen molar-refractivity contribution in [2.24, 2.45) is 11.3 Å². The lowest BCUT2D eigenvalue weighted by Crippen LogP contribution is -2.05. The Bertz CT molecular complexity index is 862. The Kier molecular flexibility index (Phi) is 3.73. The number of phenolic OH excluding ortho intramolecular Hbond substituents is 1. The summed E-state index contributed by atoms with van der Waals surface area (Å²) in [5.74, 6) is 2.24. The molecule has 0 aliphatic heterocycles. The molecule has 1 aromatic carbocycles. The predicted molar refractivity (Wildman–Crippen MR) is 100 cm³/mol. The molecule has 3 nitrogen and oxygen atoms in total. The van der Waals surface area contributed by atoms with Gasteiger partial charge in [0, 0.05) is 11.3 Å². The van der Waals surface area contributed by atoms with Crippen molar-refractivity contribution < 1.29 is 14.6 Å². The van der Waals surface area contributed by atoms with Crippen molar-refractivity contribution in [1.82, 2.24) is 0 Å². The third kappa shape index (κ3) is 2.50. The molecule has 1 fully saturated rings. The highest BCUT2D eigenvalue weighted by atomic mass is 32.1. The molecule has 0 unspecified atom stereocenters. The van der Waals surface area contributed by atoms with Crippen LogP contribution in [0, 0.1) is 18.3 Å². The summed E-state index contributed by atoms with van der Waals surface area (Å²) in [6.07, 6.45) is 2.24. The monoisotopic (exact) mass is 356 g/mol. The van der Waals surface area contributed by atoms with Crippen LogP contribution < -0.4 is 4.74 Å². The molecule has 0 spiro atoms. The number of carbonyl (C=O) groups is 1. The number of hydrogen-bond donors (Lipinski definition) is 1. The quantitative estimate of drug-likeness (QED) is 0.777. The summed E-state index contributed by atoms with van der Waals surface area (Å²) in [6, 6.07) is 5.29. The van der Waals surface area contributed by atoms with E-state index in [9.17, 15) is 9.90 Å². The summed E-state index contributed by atoms with van der Waals surface area (Å²) in [5.41, 5.74) is 4.25. The molecule has 2 aromatic rings. The van der Waals surface area contributed by atoms with Crippen molar-refractivity contribution in [3.63, 3.8) is 0 Å². The lowest BCUT2D eigenvalue weighted by Gasteiger charge is -2.10. The maximum atomic E-state index is 12.8. The molecule has 1 heterocycles. The molecule has 25 heavy (non-hydrogen) atoms. The molecule has 4 rings (SSSR count).